The minimum atomic E-state index is -0.503. The molecule has 4 unspecified atom stereocenters. The van der Waals surface area contributed by atoms with Crippen LogP contribution in [-0.2, 0) is 14.3 Å². The monoisotopic (exact) mass is 391 g/mol. The maximum absolute atomic E-state index is 13.3. The third kappa shape index (κ3) is 2.78. The number of fused-ring (bicyclic) bond motifs is 1. The van der Waals surface area contributed by atoms with Crippen LogP contribution in [0.1, 0.15) is 30.9 Å². The number of nitrogens with zero attached hydrogens (tertiary/aromatic N) is 1. The van der Waals surface area contributed by atoms with Crippen molar-refractivity contribution in [3.05, 3.63) is 35.1 Å². The highest BCUT2D eigenvalue weighted by Gasteiger charge is 2.51. The minimum Gasteiger partial charge on any atom is -0.493 e. The van der Waals surface area contributed by atoms with E-state index in [1.165, 1.54) is 0 Å². The van der Waals surface area contributed by atoms with Gasteiger partial charge in [0.15, 0.2) is 23.0 Å². The molecule has 0 radical (unpaired) electrons. The molecule has 0 N–H and O–H groups in total. The Kier molecular flexibility index (Phi) is 4.54. The first-order chi connectivity index (χ1) is 13.0. The van der Waals surface area contributed by atoms with Gasteiger partial charge in [0.2, 0.25) is 0 Å². The summed E-state index contributed by atoms with van der Waals surface area (Å²) in [6.45, 7) is 0. The second-order valence-corrected chi connectivity index (χ2v) is 7.83. The first kappa shape index (κ1) is 18.2. The van der Waals surface area contributed by atoms with Gasteiger partial charge in [0.05, 0.1) is 31.8 Å². The number of amides is 1. The van der Waals surface area contributed by atoms with Crippen LogP contribution in [0, 0.1) is 5.92 Å². The van der Waals surface area contributed by atoms with Crippen molar-refractivity contribution in [2.24, 2.45) is 5.92 Å². The molecular weight excluding hydrogens is 370 g/mol. The van der Waals surface area contributed by atoms with Crippen molar-refractivity contribution < 1.29 is 23.8 Å². The predicted octanol–water partition coefficient (Wildman–Crippen LogP) is 2.85. The molecule has 0 bridgehead atoms. The smallest absolute Gasteiger partial charge is 0.289 e. The Morgan fingerprint density at radius 1 is 1.15 bits per heavy atom. The summed E-state index contributed by atoms with van der Waals surface area (Å²) in [7, 11) is 4.80. The number of ether oxygens (including phenoxy) is 3. The SMILES string of the molecule is COc1ccc(C2C3=C(OC4CCC(Cl)CC4C3=O)C(=O)N2C)cc1OC. The molecule has 4 atom stereocenters. The van der Waals surface area contributed by atoms with Gasteiger partial charge in [0.1, 0.15) is 6.10 Å². The van der Waals surface area contributed by atoms with Gasteiger partial charge in [0.25, 0.3) is 5.91 Å². The first-order valence-corrected chi connectivity index (χ1v) is 9.48. The van der Waals surface area contributed by atoms with Crippen molar-refractivity contribution in [3.8, 4) is 11.5 Å². The molecule has 4 rings (SSSR count). The van der Waals surface area contributed by atoms with Crippen LogP contribution < -0.4 is 9.47 Å². The van der Waals surface area contributed by atoms with Crippen molar-refractivity contribution in [3.63, 3.8) is 0 Å². The van der Waals surface area contributed by atoms with E-state index in [0.717, 1.165) is 12.0 Å². The van der Waals surface area contributed by atoms with Gasteiger partial charge in [-0.3, -0.25) is 9.59 Å². The van der Waals surface area contributed by atoms with E-state index >= 15 is 0 Å². The second-order valence-electron chi connectivity index (χ2n) is 7.21. The van der Waals surface area contributed by atoms with E-state index < -0.39 is 6.04 Å². The van der Waals surface area contributed by atoms with E-state index in [-0.39, 0.29) is 34.8 Å². The molecular formula is C20H22ClNO5. The van der Waals surface area contributed by atoms with Gasteiger partial charge >= 0.3 is 0 Å². The molecule has 6 nitrogen and oxygen atoms in total. The lowest BCUT2D eigenvalue weighted by atomic mass is 9.77. The standard InChI is InChI=1S/C20H22ClNO5/c1-22-17(10-4-6-14(25-2)15(8-10)26-3)16-18(23)12-9-11(21)5-7-13(12)27-19(16)20(22)24/h4,6,8,11-13,17H,5,7,9H2,1-3H3. The number of halogens is 1. The Balaban J connectivity index is 1.77. The highest BCUT2D eigenvalue weighted by Crippen LogP contribution is 2.47. The fourth-order valence-electron chi connectivity index (χ4n) is 4.34. The van der Waals surface area contributed by atoms with Crippen molar-refractivity contribution in [2.45, 2.75) is 36.8 Å². The van der Waals surface area contributed by atoms with Gasteiger partial charge < -0.3 is 19.1 Å². The minimum absolute atomic E-state index is 0.0240. The molecule has 7 heteroatoms. The predicted molar refractivity (Wildman–Crippen MR) is 98.9 cm³/mol. The van der Waals surface area contributed by atoms with E-state index in [0.29, 0.717) is 29.9 Å². The number of methoxy groups -OCH3 is 2. The summed E-state index contributed by atoms with van der Waals surface area (Å²) in [5.41, 5.74) is 1.21. The van der Waals surface area contributed by atoms with Gasteiger partial charge in [0, 0.05) is 12.4 Å². The third-order valence-corrected chi connectivity index (χ3v) is 6.13. The number of hydrogen-bond donors (Lipinski definition) is 0. The summed E-state index contributed by atoms with van der Waals surface area (Å²) < 4.78 is 16.7. The summed E-state index contributed by atoms with van der Waals surface area (Å²) in [6.07, 6.45) is 1.81. The van der Waals surface area contributed by atoms with Crippen LogP contribution in [0.4, 0.5) is 0 Å². The molecule has 3 aliphatic rings. The number of benzene rings is 1. The summed E-state index contributed by atoms with van der Waals surface area (Å²) in [5, 5.41) is -0.0321. The van der Waals surface area contributed by atoms with Gasteiger partial charge in [-0.25, -0.2) is 0 Å². The molecule has 1 fully saturated rings. The highest BCUT2D eigenvalue weighted by molar-refractivity contribution is 6.21. The number of carbonyl (C=O) groups excluding carboxylic acids is 2. The van der Waals surface area contributed by atoms with Crippen LogP contribution >= 0.6 is 11.6 Å². The Labute approximate surface area is 163 Å². The van der Waals surface area contributed by atoms with Crippen molar-refractivity contribution in [2.75, 3.05) is 21.3 Å². The first-order valence-electron chi connectivity index (χ1n) is 9.04. The largest absolute Gasteiger partial charge is 0.493 e. The van der Waals surface area contributed by atoms with Gasteiger partial charge in [-0.15, -0.1) is 11.6 Å². The number of ketones is 1. The number of rotatable bonds is 3. The average molecular weight is 392 g/mol. The maximum Gasteiger partial charge on any atom is 0.289 e. The number of alkyl halides is 1. The molecule has 1 saturated carbocycles. The zero-order valence-electron chi connectivity index (χ0n) is 15.5. The van der Waals surface area contributed by atoms with E-state index in [2.05, 4.69) is 0 Å². The molecule has 27 heavy (non-hydrogen) atoms. The lowest BCUT2D eigenvalue weighted by molar-refractivity contribution is -0.134. The van der Waals surface area contributed by atoms with Crippen molar-refractivity contribution >= 4 is 23.3 Å². The maximum atomic E-state index is 13.3. The quantitative estimate of drug-likeness (QED) is 0.741. The molecule has 1 amide bonds. The van der Waals surface area contributed by atoms with Crippen LogP contribution in [0.2, 0.25) is 0 Å². The summed E-state index contributed by atoms with van der Waals surface area (Å²) in [6, 6.07) is 4.91. The second kappa shape index (κ2) is 6.75. The van der Waals surface area contributed by atoms with E-state index in [1.54, 1.807) is 38.3 Å². The number of likely N-dealkylation sites (N-methyl/N-ethyl adjacent to an activating group) is 1. The normalized spacial score (nSPS) is 30.0. The van der Waals surface area contributed by atoms with Gasteiger partial charge in [-0.1, -0.05) is 6.07 Å². The van der Waals surface area contributed by atoms with Crippen LogP contribution in [0.3, 0.4) is 0 Å². The van der Waals surface area contributed by atoms with E-state index in [9.17, 15) is 9.59 Å². The molecule has 1 aliphatic carbocycles. The van der Waals surface area contributed by atoms with Crippen molar-refractivity contribution in [1.29, 1.82) is 0 Å². The Morgan fingerprint density at radius 3 is 2.59 bits per heavy atom. The van der Waals surface area contributed by atoms with E-state index in [1.807, 2.05) is 6.07 Å². The van der Waals surface area contributed by atoms with Crippen LogP contribution in [0.5, 0.6) is 11.5 Å². The van der Waals surface area contributed by atoms with Gasteiger partial charge in [-0.2, -0.15) is 0 Å². The number of hydrogen-bond acceptors (Lipinski definition) is 5. The van der Waals surface area contributed by atoms with Crippen LogP contribution in [0.15, 0.2) is 29.5 Å². The molecule has 0 spiro atoms. The average Bonchev–Trinajstić information content (AvgIpc) is 2.93. The summed E-state index contributed by atoms with van der Waals surface area (Å²) in [5.74, 6) is 0.753. The lowest BCUT2D eigenvalue weighted by Crippen LogP contribution is -2.41. The zero-order valence-corrected chi connectivity index (χ0v) is 16.3. The van der Waals surface area contributed by atoms with E-state index in [4.69, 9.17) is 25.8 Å². The molecule has 2 heterocycles. The summed E-state index contributed by atoms with van der Waals surface area (Å²) in [4.78, 5) is 27.7. The molecule has 1 aromatic rings. The molecule has 1 aromatic carbocycles. The highest BCUT2D eigenvalue weighted by atomic mass is 35.5. The Hall–Kier alpha value is -2.21. The topological polar surface area (TPSA) is 65.1 Å². The fraction of sp³-hybridized carbons (Fsp3) is 0.500. The number of Topliss-reactive ketones (excluding diaryl/α,β-unsaturated/α-hetero) is 1. The molecule has 0 aromatic heterocycles. The number of carbonyl (C=O) groups is 2. The van der Waals surface area contributed by atoms with Gasteiger partial charge in [-0.05, 0) is 37.0 Å². The summed E-state index contributed by atoms with van der Waals surface area (Å²) >= 11 is 6.30. The lowest BCUT2D eigenvalue weighted by Gasteiger charge is -2.37. The molecule has 0 saturated heterocycles. The molecule has 144 valence electrons. The fourth-order valence-corrected chi connectivity index (χ4v) is 4.66. The Morgan fingerprint density at radius 2 is 1.89 bits per heavy atom. The third-order valence-electron chi connectivity index (χ3n) is 5.74. The van der Waals surface area contributed by atoms with Crippen LogP contribution in [-0.4, -0.2) is 49.3 Å². The Bertz CT molecular complexity index is 836. The van der Waals surface area contributed by atoms with Crippen molar-refractivity contribution in [1.82, 2.24) is 4.90 Å². The zero-order chi connectivity index (χ0) is 19.3. The van der Waals surface area contributed by atoms with Crippen LogP contribution in [0.25, 0.3) is 0 Å². The molecule has 2 aliphatic heterocycles.